The van der Waals surface area contributed by atoms with E-state index in [1.54, 1.807) is 13.0 Å². The lowest BCUT2D eigenvalue weighted by molar-refractivity contribution is 0.0998. The second-order valence-electron chi connectivity index (χ2n) is 2.69. The summed E-state index contributed by atoms with van der Waals surface area (Å²) in [6, 6.07) is 2.93. The molecule has 1 aromatic carbocycles. The average Bonchev–Trinajstić information content (AvgIpc) is 2.12. The normalized spacial score (nSPS) is 10.1. The molecule has 0 aliphatic carbocycles. The van der Waals surface area contributed by atoms with Crippen molar-refractivity contribution in [3.63, 3.8) is 0 Å². The number of aromatic hydroxyl groups is 1. The summed E-state index contributed by atoms with van der Waals surface area (Å²) in [6.45, 7) is 1.54. The van der Waals surface area contributed by atoms with E-state index in [4.69, 9.17) is 17.3 Å². The summed E-state index contributed by atoms with van der Waals surface area (Å²) in [5.41, 5.74) is 5.97. The Balaban J connectivity index is 3.33. The molecule has 1 rings (SSSR count). The van der Waals surface area contributed by atoms with Gasteiger partial charge in [0, 0.05) is 5.02 Å². The summed E-state index contributed by atoms with van der Waals surface area (Å²) in [5.74, 6) is -0.380. The summed E-state index contributed by atoms with van der Waals surface area (Å²) in [5, 5.41) is 9.84. The van der Waals surface area contributed by atoms with E-state index in [2.05, 4.69) is 0 Å². The van der Waals surface area contributed by atoms with Crippen molar-refractivity contribution in [2.45, 2.75) is 6.92 Å². The van der Waals surface area contributed by atoms with Crippen LogP contribution in [-0.4, -0.2) is 17.4 Å². The standard InChI is InChI=1S/C9H10ClNO2/c1-5-6(10)2-3-7(12)9(5)8(13)4-11/h2-3,12H,4,11H2,1H3. The van der Waals surface area contributed by atoms with Gasteiger partial charge in [-0.3, -0.25) is 4.79 Å². The topological polar surface area (TPSA) is 63.3 Å². The Kier molecular flexibility index (Phi) is 2.90. The monoisotopic (exact) mass is 199 g/mol. The number of halogens is 1. The quantitative estimate of drug-likeness (QED) is 0.710. The van der Waals surface area contributed by atoms with Crippen molar-refractivity contribution in [1.29, 1.82) is 0 Å². The molecular weight excluding hydrogens is 190 g/mol. The zero-order chi connectivity index (χ0) is 10.0. The van der Waals surface area contributed by atoms with Crippen LogP contribution < -0.4 is 5.73 Å². The zero-order valence-electron chi connectivity index (χ0n) is 7.17. The van der Waals surface area contributed by atoms with E-state index in [9.17, 15) is 9.90 Å². The molecule has 0 aromatic heterocycles. The third kappa shape index (κ3) is 1.82. The SMILES string of the molecule is Cc1c(Cl)ccc(O)c1C(=O)CN. The van der Waals surface area contributed by atoms with Crippen molar-refractivity contribution >= 4 is 17.4 Å². The second kappa shape index (κ2) is 3.77. The van der Waals surface area contributed by atoms with Crippen molar-refractivity contribution < 1.29 is 9.90 Å². The van der Waals surface area contributed by atoms with Crippen LogP contribution in [0.25, 0.3) is 0 Å². The first-order chi connectivity index (χ1) is 6.07. The maximum absolute atomic E-state index is 11.3. The molecule has 0 fully saturated rings. The highest BCUT2D eigenvalue weighted by molar-refractivity contribution is 6.32. The van der Waals surface area contributed by atoms with Gasteiger partial charge < -0.3 is 10.8 Å². The van der Waals surface area contributed by atoms with E-state index in [0.29, 0.717) is 10.6 Å². The van der Waals surface area contributed by atoms with Gasteiger partial charge >= 0.3 is 0 Å². The van der Waals surface area contributed by atoms with Gasteiger partial charge in [-0.25, -0.2) is 0 Å². The second-order valence-corrected chi connectivity index (χ2v) is 3.10. The maximum atomic E-state index is 11.3. The molecule has 3 N–H and O–H groups in total. The number of carbonyl (C=O) groups is 1. The van der Waals surface area contributed by atoms with Crippen LogP contribution >= 0.6 is 11.6 Å². The van der Waals surface area contributed by atoms with E-state index in [1.165, 1.54) is 6.07 Å². The van der Waals surface area contributed by atoms with Crippen LogP contribution in [0.1, 0.15) is 15.9 Å². The third-order valence-electron chi connectivity index (χ3n) is 1.84. The van der Waals surface area contributed by atoms with Gasteiger partial charge in [0.1, 0.15) is 5.75 Å². The zero-order valence-corrected chi connectivity index (χ0v) is 7.93. The first-order valence-electron chi connectivity index (χ1n) is 3.79. The molecule has 0 atom stereocenters. The molecule has 0 aliphatic heterocycles. The Morgan fingerprint density at radius 2 is 2.23 bits per heavy atom. The molecular formula is C9H10ClNO2. The van der Waals surface area contributed by atoms with Crippen molar-refractivity contribution in [3.05, 3.63) is 28.3 Å². The van der Waals surface area contributed by atoms with E-state index in [1.807, 2.05) is 0 Å². The number of carbonyl (C=O) groups excluding carboxylic acids is 1. The Bertz CT molecular complexity index is 350. The molecule has 0 radical (unpaired) electrons. The lowest BCUT2D eigenvalue weighted by Gasteiger charge is -2.07. The number of Topliss-reactive ketones (excluding diaryl/α,β-unsaturated/α-hetero) is 1. The molecule has 0 bridgehead atoms. The molecule has 0 amide bonds. The van der Waals surface area contributed by atoms with Crippen molar-refractivity contribution in [2.75, 3.05) is 6.54 Å². The highest BCUT2D eigenvalue weighted by Gasteiger charge is 2.14. The van der Waals surface area contributed by atoms with Crippen LogP contribution in [0.15, 0.2) is 12.1 Å². The molecule has 0 heterocycles. The molecule has 0 unspecified atom stereocenters. The van der Waals surface area contributed by atoms with Crippen molar-refractivity contribution in [2.24, 2.45) is 5.73 Å². The van der Waals surface area contributed by atoms with Crippen LogP contribution in [0, 0.1) is 6.92 Å². The Morgan fingerprint density at radius 3 is 2.77 bits per heavy atom. The first-order valence-corrected chi connectivity index (χ1v) is 4.17. The summed E-state index contributed by atoms with van der Waals surface area (Å²) in [4.78, 5) is 11.3. The minimum atomic E-state index is -0.308. The van der Waals surface area contributed by atoms with Gasteiger partial charge in [-0.1, -0.05) is 11.6 Å². The van der Waals surface area contributed by atoms with Crippen molar-refractivity contribution in [3.8, 4) is 5.75 Å². The number of hydrogen-bond acceptors (Lipinski definition) is 3. The van der Waals surface area contributed by atoms with Crippen LogP contribution in [0.3, 0.4) is 0 Å². The third-order valence-corrected chi connectivity index (χ3v) is 2.25. The summed E-state index contributed by atoms with van der Waals surface area (Å²) >= 11 is 5.78. The van der Waals surface area contributed by atoms with Gasteiger partial charge in [-0.15, -0.1) is 0 Å². The number of phenolic OH excluding ortho intramolecular Hbond substituents is 1. The molecule has 0 saturated carbocycles. The van der Waals surface area contributed by atoms with Gasteiger partial charge in [-0.05, 0) is 24.6 Å². The number of phenols is 1. The molecule has 3 nitrogen and oxygen atoms in total. The molecule has 70 valence electrons. The van der Waals surface area contributed by atoms with Crippen LogP contribution in [0.5, 0.6) is 5.75 Å². The average molecular weight is 200 g/mol. The molecule has 1 aromatic rings. The lowest BCUT2D eigenvalue weighted by atomic mass is 10.0. The number of benzene rings is 1. The predicted octanol–water partition coefficient (Wildman–Crippen LogP) is 1.50. The molecule has 0 saturated heterocycles. The van der Waals surface area contributed by atoms with E-state index < -0.39 is 0 Å². The van der Waals surface area contributed by atoms with Gasteiger partial charge in [0.05, 0.1) is 12.1 Å². The predicted molar refractivity (Wildman–Crippen MR) is 51.2 cm³/mol. The smallest absolute Gasteiger partial charge is 0.180 e. The molecule has 0 spiro atoms. The number of hydrogen-bond donors (Lipinski definition) is 2. The molecule has 4 heteroatoms. The number of ketones is 1. The molecule has 13 heavy (non-hydrogen) atoms. The van der Waals surface area contributed by atoms with E-state index in [-0.39, 0.29) is 23.6 Å². The van der Waals surface area contributed by atoms with E-state index in [0.717, 1.165) is 0 Å². The fourth-order valence-electron chi connectivity index (χ4n) is 1.13. The van der Waals surface area contributed by atoms with Crippen LogP contribution in [0.4, 0.5) is 0 Å². The summed E-state index contributed by atoms with van der Waals surface area (Å²) in [7, 11) is 0. The van der Waals surface area contributed by atoms with Gasteiger partial charge in [-0.2, -0.15) is 0 Å². The highest BCUT2D eigenvalue weighted by Crippen LogP contribution is 2.27. The van der Waals surface area contributed by atoms with Gasteiger partial charge in [0.15, 0.2) is 5.78 Å². The van der Waals surface area contributed by atoms with E-state index >= 15 is 0 Å². The first kappa shape index (κ1) is 10.0. The minimum Gasteiger partial charge on any atom is -0.507 e. The Hall–Kier alpha value is -1.06. The largest absolute Gasteiger partial charge is 0.507 e. The fraction of sp³-hybridized carbons (Fsp3) is 0.222. The summed E-state index contributed by atoms with van der Waals surface area (Å²) in [6.07, 6.45) is 0. The highest BCUT2D eigenvalue weighted by atomic mass is 35.5. The van der Waals surface area contributed by atoms with Gasteiger partial charge in [0.2, 0.25) is 0 Å². The van der Waals surface area contributed by atoms with Crippen LogP contribution in [0.2, 0.25) is 5.02 Å². The summed E-state index contributed by atoms with van der Waals surface area (Å²) < 4.78 is 0. The van der Waals surface area contributed by atoms with Gasteiger partial charge in [0.25, 0.3) is 0 Å². The molecule has 0 aliphatic rings. The van der Waals surface area contributed by atoms with Crippen molar-refractivity contribution in [1.82, 2.24) is 0 Å². The number of nitrogens with two attached hydrogens (primary N) is 1. The minimum absolute atomic E-state index is 0.0719. The Morgan fingerprint density at radius 1 is 1.62 bits per heavy atom. The Labute approximate surface area is 81.1 Å². The number of rotatable bonds is 2. The fourth-order valence-corrected chi connectivity index (χ4v) is 1.28. The maximum Gasteiger partial charge on any atom is 0.180 e. The van der Waals surface area contributed by atoms with Crippen LogP contribution in [-0.2, 0) is 0 Å². The lowest BCUT2D eigenvalue weighted by Crippen LogP contribution is -2.15.